The molecule has 10 heteroatoms. The van der Waals surface area contributed by atoms with Gasteiger partial charge in [-0.2, -0.15) is 0 Å². The number of ether oxygens (including phenoxy) is 3. The van der Waals surface area contributed by atoms with E-state index in [-0.39, 0.29) is 31.1 Å². The van der Waals surface area contributed by atoms with Crippen LogP contribution in [0.2, 0.25) is 0 Å². The Hall–Kier alpha value is -5.32. The van der Waals surface area contributed by atoms with Gasteiger partial charge in [-0.15, -0.1) is 0 Å². The number of aliphatic hydroxyl groups excluding tert-OH is 1. The van der Waals surface area contributed by atoms with Gasteiger partial charge in [0.05, 0.1) is 28.3 Å². The Bertz CT molecular complexity index is 2230. The van der Waals surface area contributed by atoms with Crippen LogP contribution in [0.25, 0.3) is 33.5 Å². The van der Waals surface area contributed by atoms with Crippen molar-refractivity contribution in [2.24, 2.45) is 0 Å². The molecule has 3 atom stereocenters. The first-order valence-electron chi connectivity index (χ1n) is 20.3. The standard InChI is InChI=1S/C45H46FN3O6.C2H6/c1-28-10-12-30(13-11-28)38-17-15-34(48-20-6-7-29(48)2)21-32(38)27-53-36-16-18-39(40(46)25-36)44-47-41-22-31(14-19-42(41)49(44)33-8-4-3-5-9-33)45(52)55-43-24-35(51)23-37(26-50)54-43;1-2/h10-19,21-22,25-26,33,35,37,43,51H,2-9,20,23-24,27H2,1H3;1-2H3. The van der Waals surface area contributed by atoms with E-state index >= 15 is 4.39 Å². The summed E-state index contributed by atoms with van der Waals surface area (Å²) in [7, 11) is 0. The molecule has 1 N–H and O–H groups in total. The Morgan fingerprint density at radius 1 is 0.965 bits per heavy atom. The average molecular weight is 774 g/mol. The van der Waals surface area contributed by atoms with Crippen LogP contribution in [0.15, 0.2) is 91.1 Å². The molecule has 3 unspecified atom stereocenters. The van der Waals surface area contributed by atoms with Crippen LogP contribution in [0.3, 0.4) is 0 Å². The number of carbonyl (C=O) groups is 2. The van der Waals surface area contributed by atoms with Crippen LogP contribution >= 0.6 is 0 Å². The van der Waals surface area contributed by atoms with Gasteiger partial charge in [-0.25, -0.2) is 14.2 Å². The van der Waals surface area contributed by atoms with Gasteiger partial charge in [0.1, 0.15) is 36.4 Å². The van der Waals surface area contributed by atoms with Crippen molar-refractivity contribution in [2.75, 3.05) is 11.4 Å². The molecule has 57 heavy (non-hydrogen) atoms. The number of allylic oxidation sites excluding steroid dienone is 1. The van der Waals surface area contributed by atoms with Gasteiger partial charge in [0.15, 0.2) is 0 Å². The lowest BCUT2D eigenvalue weighted by Crippen LogP contribution is -2.38. The van der Waals surface area contributed by atoms with Crippen molar-refractivity contribution >= 4 is 29.0 Å². The minimum atomic E-state index is -1.05. The molecule has 0 radical (unpaired) electrons. The molecule has 0 spiro atoms. The largest absolute Gasteiger partial charge is 0.489 e. The maximum absolute atomic E-state index is 16.3. The molecule has 1 saturated carbocycles. The van der Waals surface area contributed by atoms with Crippen molar-refractivity contribution in [3.63, 3.8) is 0 Å². The number of hydrogen-bond donors (Lipinski definition) is 1. The summed E-state index contributed by atoms with van der Waals surface area (Å²) >= 11 is 0. The van der Waals surface area contributed by atoms with Crippen LogP contribution in [0.4, 0.5) is 10.1 Å². The molecule has 3 heterocycles. The van der Waals surface area contributed by atoms with Crippen LogP contribution in [-0.4, -0.2) is 52.0 Å². The van der Waals surface area contributed by atoms with E-state index in [0.717, 1.165) is 85.1 Å². The number of hydrogen-bond acceptors (Lipinski definition) is 8. The summed E-state index contributed by atoms with van der Waals surface area (Å²) in [4.78, 5) is 31.7. The van der Waals surface area contributed by atoms with Gasteiger partial charge in [0, 0.05) is 42.9 Å². The first kappa shape index (κ1) is 39.9. The topological polar surface area (TPSA) is 103 Å². The van der Waals surface area contributed by atoms with Gasteiger partial charge >= 0.3 is 5.97 Å². The Morgan fingerprint density at radius 3 is 2.46 bits per heavy atom. The normalized spacial score (nSPS) is 19.9. The molecule has 298 valence electrons. The highest BCUT2D eigenvalue weighted by atomic mass is 19.1. The number of nitrogens with zero attached hydrogens (tertiary/aromatic N) is 3. The van der Waals surface area contributed by atoms with Crippen molar-refractivity contribution in [1.82, 2.24) is 9.55 Å². The van der Waals surface area contributed by atoms with Crippen LogP contribution < -0.4 is 9.64 Å². The number of carbonyl (C=O) groups excluding carboxylic acids is 2. The lowest BCUT2D eigenvalue weighted by molar-refractivity contribution is -0.188. The second-order valence-corrected chi connectivity index (χ2v) is 15.0. The number of anilines is 1. The zero-order chi connectivity index (χ0) is 40.1. The summed E-state index contributed by atoms with van der Waals surface area (Å²) in [6, 6.07) is 25.0. The predicted molar refractivity (Wildman–Crippen MR) is 221 cm³/mol. The van der Waals surface area contributed by atoms with E-state index in [1.807, 2.05) is 19.9 Å². The Labute approximate surface area is 334 Å². The van der Waals surface area contributed by atoms with Gasteiger partial charge in [-0.3, -0.25) is 0 Å². The molecule has 1 aromatic heterocycles. The molecule has 0 bridgehead atoms. The molecule has 3 aliphatic rings. The highest BCUT2D eigenvalue weighted by Gasteiger charge is 2.31. The van der Waals surface area contributed by atoms with Crippen LogP contribution in [-0.2, 0) is 20.9 Å². The van der Waals surface area contributed by atoms with Crippen LogP contribution in [0.1, 0.15) is 99.2 Å². The van der Waals surface area contributed by atoms with Crippen LogP contribution in [0, 0.1) is 12.7 Å². The second kappa shape index (κ2) is 17.9. The van der Waals surface area contributed by atoms with E-state index in [9.17, 15) is 14.7 Å². The Morgan fingerprint density at radius 2 is 1.74 bits per heavy atom. The molecule has 2 saturated heterocycles. The maximum Gasteiger partial charge on any atom is 0.340 e. The summed E-state index contributed by atoms with van der Waals surface area (Å²) in [6.45, 7) is 11.5. The molecular weight excluding hydrogens is 722 g/mol. The quantitative estimate of drug-likeness (QED) is 0.111. The number of benzene rings is 4. The molecule has 3 fully saturated rings. The summed E-state index contributed by atoms with van der Waals surface area (Å²) in [6.07, 6.45) is 5.35. The minimum Gasteiger partial charge on any atom is -0.489 e. The minimum absolute atomic E-state index is 0.0762. The highest BCUT2D eigenvalue weighted by molar-refractivity contribution is 5.94. The number of aryl methyl sites for hydroxylation is 1. The third kappa shape index (κ3) is 8.82. The summed E-state index contributed by atoms with van der Waals surface area (Å²) in [5.74, 6) is -0.217. The molecule has 2 aliphatic heterocycles. The van der Waals surface area contributed by atoms with Gasteiger partial charge in [-0.05, 0) is 91.8 Å². The molecule has 4 aromatic carbocycles. The number of fused-ring (bicyclic) bond motifs is 1. The van der Waals surface area contributed by atoms with E-state index in [4.69, 9.17) is 19.2 Å². The highest BCUT2D eigenvalue weighted by Crippen LogP contribution is 2.39. The lowest BCUT2D eigenvalue weighted by atomic mass is 9.94. The van der Waals surface area contributed by atoms with Gasteiger partial charge in [-0.1, -0.05) is 75.6 Å². The van der Waals surface area contributed by atoms with Crippen molar-refractivity contribution in [2.45, 2.75) is 110 Å². The maximum atomic E-state index is 16.3. The summed E-state index contributed by atoms with van der Waals surface area (Å²) in [5.41, 5.74) is 8.42. The lowest BCUT2D eigenvalue weighted by Gasteiger charge is -2.29. The number of aromatic nitrogens is 2. The fraction of sp³-hybridized carbons (Fsp3) is 0.383. The zero-order valence-corrected chi connectivity index (χ0v) is 33.1. The van der Waals surface area contributed by atoms with E-state index < -0.39 is 30.3 Å². The van der Waals surface area contributed by atoms with E-state index in [2.05, 4.69) is 65.4 Å². The summed E-state index contributed by atoms with van der Waals surface area (Å²) < 4.78 is 35.8. The monoisotopic (exact) mass is 773 g/mol. The number of aliphatic hydroxyl groups is 1. The van der Waals surface area contributed by atoms with E-state index in [1.165, 1.54) is 11.6 Å². The average Bonchev–Trinajstić information content (AvgIpc) is 3.84. The van der Waals surface area contributed by atoms with E-state index in [1.54, 1.807) is 24.3 Å². The first-order valence-corrected chi connectivity index (χ1v) is 20.3. The molecular formula is C47H52FN3O6. The summed E-state index contributed by atoms with van der Waals surface area (Å²) in [5, 5.41) is 10.1. The second-order valence-electron chi connectivity index (χ2n) is 15.0. The molecule has 1 aliphatic carbocycles. The van der Waals surface area contributed by atoms with Gasteiger partial charge < -0.3 is 33.6 Å². The van der Waals surface area contributed by atoms with Crippen molar-refractivity contribution in [1.29, 1.82) is 0 Å². The number of imidazole rings is 1. The predicted octanol–water partition coefficient (Wildman–Crippen LogP) is 10.3. The number of rotatable bonds is 10. The molecule has 5 aromatic rings. The third-order valence-electron chi connectivity index (χ3n) is 11.1. The number of esters is 1. The fourth-order valence-corrected chi connectivity index (χ4v) is 8.22. The van der Waals surface area contributed by atoms with Crippen molar-refractivity contribution in [3.05, 3.63) is 114 Å². The Balaban J connectivity index is 0.00000244. The van der Waals surface area contributed by atoms with Gasteiger partial charge in [0.2, 0.25) is 6.29 Å². The zero-order valence-electron chi connectivity index (χ0n) is 33.1. The molecule has 9 nitrogen and oxygen atoms in total. The fourth-order valence-electron chi connectivity index (χ4n) is 8.22. The van der Waals surface area contributed by atoms with Crippen molar-refractivity contribution in [3.8, 4) is 28.3 Å². The molecule has 0 amide bonds. The van der Waals surface area contributed by atoms with Crippen LogP contribution in [0.5, 0.6) is 5.75 Å². The SMILES string of the molecule is C=C1CCCN1c1ccc(-c2ccc(C)cc2)c(COc2ccc(-c3nc4cc(C(=O)OC5CC(O)CC(C=O)O5)ccc4n3C3CCCCC3)c(F)c2)c1.CC. The van der Waals surface area contributed by atoms with E-state index in [0.29, 0.717) is 28.9 Å². The van der Waals surface area contributed by atoms with Crippen molar-refractivity contribution < 1.29 is 33.3 Å². The first-order chi connectivity index (χ1) is 27.7. The third-order valence-corrected chi connectivity index (χ3v) is 11.1. The molecule has 8 rings (SSSR count). The Kier molecular flexibility index (Phi) is 12.5. The number of halogens is 1. The van der Waals surface area contributed by atoms with Gasteiger partial charge in [0.25, 0.3) is 0 Å². The smallest absolute Gasteiger partial charge is 0.340 e. The number of aldehydes is 1.